The van der Waals surface area contributed by atoms with Crippen LogP contribution in [0.4, 0.5) is 31.1 Å². The molecule has 9 nitrogen and oxygen atoms in total. The number of hydrogen-bond donors (Lipinski definition) is 1. The zero-order valence-electron chi connectivity index (χ0n) is 28.0. The Morgan fingerprint density at radius 3 is 1.80 bits per heavy atom. The maximum atomic E-state index is 12.3. The summed E-state index contributed by atoms with van der Waals surface area (Å²) in [4.78, 5) is 12.3. The molecule has 0 fully saturated rings. The van der Waals surface area contributed by atoms with Crippen LogP contribution in [-0.2, 0) is 43.3 Å². The zero-order valence-corrected chi connectivity index (χ0v) is 29.7. The van der Waals surface area contributed by atoms with Gasteiger partial charge in [-0.2, -0.15) is 26.3 Å². The van der Waals surface area contributed by atoms with Gasteiger partial charge in [-0.15, -0.1) is 0 Å². The maximum absolute atomic E-state index is 12.3. The summed E-state index contributed by atoms with van der Waals surface area (Å²) in [7, 11) is -13.4. The van der Waals surface area contributed by atoms with Crippen molar-refractivity contribution in [1.82, 2.24) is 5.32 Å². The van der Waals surface area contributed by atoms with Crippen molar-refractivity contribution in [3.8, 4) is 0 Å². The lowest BCUT2D eigenvalue weighted by Gasteiger charge is -2.27. The van der Waals surface area contributed by atoms with Crippen LogP contribution in [0.3, 0.4) is 0 Å². The number of amides is 1. The molecular formula is C32H45F6N3O6S2. The van der Waals surface area contributed by atoms with Crippen molar-refractivity contribution in [2.24, 2.45) is 0 Å². The quantitative estimate of drug-likeness (QED) is 0.0986. The number of pyridine rings is 1. The molecule has 17 heteroatoms. The Balaban J connectivity index is 0.000000673. The molecule has 1 aromatic carbocycles. The van der Waals surface area contributed by atoms with Gasteiger partial charge in [0.2, 0.25) is 0 Å². The molecule has 2 rings (SSSR count). The van der Waals surface area contributed by atoms with E-state index in [1.165, 1.54) is 44.1 Å². The summed E-state index contributed by atoms with van der Waals surface area (Å²) in [5.74, 6) is 0. The standard InChI is InChI=1S/C30H44N2O2.C2F6NO4S2/c1-6-26-18-21-32(22-19-26)20-13-11-9-7-8-10-12-14-23-34-29(33)31-30(4,5)28-17-15-16-27(24-28)25(2)3;3-1(4,5)14(10,11)9-15(12,13)2(6,7)8/h15-19,21-22,24H,2,6-14,20,23H2,1,3-5H3;/q;-1/p+1. The van der Waals surface area contributed by atoms with Gasteiger partial charge in [0.1, 0.15) is 6.54 Å². The Morgan fingerprint density at radius 2 is 1.33 bits per heavy atom. The summed E-state index contributed by atoms with van der Waals surface area (Å²) >= 11 is 0. The van der Waals surface area contributed by atoms with Crippen LogP contribution in [0.15, 0.2) is 55.4 Å². The first-order valence-electron chi connectivity index (χ1n) is 15.6. The van der Waals surface area contributed by atoms with E-state index in [-0.39, 0.29) is 6.09 Å². The van der Waals surface area contributed by atoms with Crippen molar-refractivity contribution in [3.05, 3.63) is 76.2 Å². The number of alkyl halides is 6. The van der Waals surface area contributed by atoms with Crippen LogP contribution < -0.4 is 9.88 Å². The number of unbranched alkanes of at least 4 members (excludes halogenated alkanes) is 7. The van der Waals surface area contributed by atoms with Gasteiger partial charge < -0.3 is 14.2 Å². The fraction of sp³-hybridized carbons (Fsp3) is 0.562. The van der Waals surface area contributed by atoms with Crippen molar-refractivity contribution < 1.29 is 57.3 Å². The van der Waals surface area contributed by atoms with E-state index in [0.29, 0.717) is 6.61 Å². The Kier molecular flexibility index (Phi) is 17.2. The third kappa shape index (κ3) is 15.9. The highest BCUT2D eigenvalue weighted by molar-refractivity contribution is 8.13. The number of aromatic nitrogens is 1. The molecule has 0 spiro atoms. The van der Waals surface area contributed by atoms with Crippen LogP contribution in [0.1, 0.15) is 95.8 Å². The number of nitrogens with zero attached hydrogens (tertiary/aromatic N) is 2. The first-order chi connectivity index (χ1) is 22.5. The van der Waals surface area contributed by atoms with E-state index in [0.717, 1.165) is 46.6 Å². The smallest absolute Gasteiger partial charge is 0.450 e. The predicted molar refractivity (Wildman–Crippen MR) is 175 cm³/mol. The Labute approximate surface area is 285 Å². The fourth-order valence-electron chi connectivity index (χ4n) is 4.25. The third-order valence-electron chi connectivity index (χ3n) is 7.19. The van der Waals surface area contributed by atoms with Crippen molar-refractivity contribution in [2.45, 2.75) is 109 Å². The molecule has 0 radical (unpaired) electrons. The van der Waals surface area contributed by atoms with Crippen molar-refractivity contribution >= 4 is 31.7 Å². The van der Waals surface area contributed by atoms with E-state index in [1.54, 1.807) is 0 Å². The molecule has 0 saturated heterocycles. The van der Waals surface area contributed by atoms with Gasteiger partial charge in [0, 0.05) is 18.6 Å². The van der Waals surface area contributed by atoms with Gasteiger partial charge >= 0.3 is 17.1 Å². The van der Waals surface area contributed by atoms with E-state index in [4.69, 9.17) is 4.74 Å². The average molecular weight is 746 g/mol. The van der Waals surface area contributed by atoms with Gasteiger partial charge in [0.25, 0.3) is 0 Å². The summed E-state index contributed by atoms with van der Waals surface area (Å²) in [6.07, 6.45) is 14.8. The summed E-state index contributed by atoms with van der Waals surface area (Å²) in [6.45, 7) is 13.8. The zero-order chi connectivity index (χ0) is 37.5. The summed E-state index contributed by atoms with van der Waals surface area (Å²) < 4.78 is 117. The molecule has 0 unspecified atom stereocenters. The largest absolute Gasteiger partial charge is 0.480 e. The van der Waals surface area contributed by atoms with Crippen LogP contribution in [0.5, 0.6) is 0 Å². The minimum Gasteiger partial charge on any atom is -0.450 e. The van der Waals surface area contributed by atoms with Gasteiger partial charge in [-0.3, -0.25) is 0 Å². The molecular weight excluding hydrogens is 700 g/mol. The summed E-state index contributed by atoms with van der Waals surface area (Å²) in [5, 5.41) is 2.99. The lowest BCUT2D eigenvalue weighted by atomic mass is 9.92. The number of ether oxygens (including phenoxy) is 1. The van der Waals surface area contributed by atoms with Crippen LogP contribution in [0.25, 0.3) is 9.70 Å². The Bertz CT molecular complexity index is 1520. The number of carbonyl (C=O) groups is 1. The number of allylic oxidation sites excluding steroid dienone is 1. The number of hydrogen-bond acceptors (Lipinski definition) is 6. The number of alkyl carbamates (subject to hydrolysis) is 1. The minimum absolute atomic E-state index is 0.354. The maximum Gasteiger partial charge on any atom is 0.480 e. The molecule has 1 N–H and O–H groups in total. The van der Waals surface area contributed by atoms with Crippen molar-refractivity contribution in [1.29, 1.82) is 0 Å². The molecule has 0 atom stereocenters. The molecule has 278 valence electrons. The molecule has 0 saturated carbocycles. The molecule has 1 heterocycles. The molecule has 1 aromatic heterocycles. The Morgan fingerprint density at radius 1 is 0.837 bits per heavy atom. The lowest BCUT2D eigenvalue weighted by molar-refractivity contribution is -0.697. The number of benzene rings is 1. The van der Waals surface area contributed by atoms with Crippen LogP contribution in [-0.4, -0.2) is 40.6 Å². The van der Waals surface area contributed by atoms with Gasteiger partial charge in [0.15, 0.2) is 32.4 Å². The van der Waals surface area contributed by atoms with Crippen molar-refractivity contribution in [3.63, 3.8) is 0 Å². The highest BCUT2D eigenvalue weighted by Crippen LogP contribution is 2.36. The van der Waals surface area contributed by atoms with Gasteiger partial charge in [-0.25, -0.2) is 26.2 Å². The molecule has 2 aromatic rings. The number of rotatable bonds is 17. The van der Waals surface area contributed by atoms with Crippen LogP contribution in [0, 0.1) is 0 Å². The van der Waals surface area contributed by atoms with E-state index in [9.17, 15) is 48.0 Å². The van der Waals surface area contributed by atoms with Crippen LogP contribution in [0.2, 0.25) is 0 Å². The number of halogens is 6. The highest BCUT2D eigenvalue weighted by atomic mass is 32.3. The first-order valence-corrected chi connectivity index (χ1v) is 18.5. The molecule has 0 aliphatic carbocycles. The highest BCUT2D eigenvalue weighted by Gasteiger charge is 2.47. The van der Waals surface area contributed by atoms with Gasteiger partial charge in [-0.1, -0.05) is 69.4 Å². The molecule has 0 aliphatic rings. The van der Waals surface area contributed by atoms with E-state index in [2.05, 4.69) is 54.0 Å². The summed E-state index contributed by atoms with van der Waals surface area (Å²) in [6, 6.07) is 12.6. The lowest BCUT2D eigenvalue weighted by Crippen LogP contribution is -2.41. The molecule has 0 bridgehead atoms. The third-order valence-corrected chi connectivity index (χ3v) is 9.93. The Hall–Kier alpha value is -3.18. The molecule has 1 amide bonds. The number of aryl methyl sites for hydroxylation is 2. The van der Waals surface area contributed by atoms with E-state index in [1.807, 2.05) is 39.0 Å². The van der Waals surface area contributed by atoms with Crippen LogP contribution >= 0.6 is 0 Å². The fourth-order valence-corrected chi connectivity index (χ4v) is 5.96. The SMILES string of the molecule is C=C(C)c1cccc(C(C)(C)NC(=O)OCCCCCCCCCC[n+]2ccc(CC)cc2)c1.O=S(=O)([N-]S(=O)(=O)C(F)(F)F)C(F)(F)F. The summed E-state index contributed by atoms with van der Waals surface area (Å²) in [5.41, 5.74) is -8.37. The van der Waals surface area contributed by atoms with Gasteiger partial charge in [-0.05, 0) is 62.8 Å². The van der Waals surface area contributed by atoms with Gasteiger partial charge in [0.05, 0.1) is 12.1 Å². The number of carbonyl (C=O) groups excluding carboxylic acids is 1. The normalized spacial score (nSPS) is 12.5. The second kappa shape index (κ2) is 19.3. The second-order valence-electron chi connectivity index (χ2n) is 11.8. The first kappa shape index (κ1) is 43.8. The predicted octanol–water partition coefficient (Wildman–Crippen LogP) is 8.41. The molecule has 49 heavy (non-hydrogen) atoms. The van der Waals surface area contributed by atoms with E-state index < -0.39 is 36.6 Å². The molecule has 0 aliphatic heterocycles. The monoisotopic (exact) mass is 745 g/mol. The minimum atomic E-state index is -6.72. The average Bonchev–Trinajstić information content (AvgIpc) is 2.98. The van der Waals surface area contributed by atoms with Crippen molar-refractivity contribution in [2.75, 3.05) is 6.61 Å². The topological polar surface area (TPSA) is 125 Å². The number of sulfonamides is 2. The number of nitrogens with one attached hydrogen (secondary N) is 1. The second-order valence-corrected chi connectivity index (χ2v) is 15.2. The van der Waals surface area contributed by atoms with E-state index >= 15 is 0 Å².